The highest BCUT2D eigenvalue weighted by Gasteiger charge is 2.30. The summed E-state index contributed by atoms with van der Waals surface area (Å²) in [4.78, 5) is 24.5. The molecular weight excluding hydrogens is 342 g/mol. The molecule has 0 aromatic carbocycles. The van der Waals surface area contributed by atoms with Crippen molar-refractivity contribution in [2.45, 2.75) is 62.4 Å². The number of carbonyl (C=O) groups excluding carboxylic acids is 1. The van der Waals surface area contributed by atoms with Gasteiger partial charge in [0.25, 0.3) is 5.56 Å². The average Bonchev–Trinajstić information content (AvgIpc) is 3.13. The smallest absolute Gasteiger partial charge is 0.271 e. The number of amides is 1. The molecule has 0 bridgehead atoms. The maximum atomic E-state index is 12.6. The second-order valence-corrected chi connectivity index (χ2v) is 8.73. The summed E-state index contributed by atoms with van der Waals surface area (Å²) in [7, 11) is -3.79. The van der Waals surface area contributed by atoms with Crippen LogP contribution in [-0.2, 0) is 21.4 Å². The van der Waals surface area contributed by atoms with E-state index in [9.17, 15) is 18.0 Å². The van der Waals surface area contributed by atoms with E-state index < -0.39 is 15.6 Å². The van der Waals surface area contributed by atoms with Crippen molar-refractivity contribution in [1.29, 1.82) is 0 Å². The van der Waals surface area contributed by atoms with Gasteiger partial charge in [-0.1, -0.05) is 19.3 Å². The number of nitrogens with one attached hydrogen (secondary N) is 1. The van der Waals surface area contributed by atoms with Gasteiger partial charge in [0.1, 0.15) is 11.4 Å². The minimum atomic E-state index is -3.79. The third kappa shape index (κ3) is 4.12. The van der Waals surface area contributed by atoms with Crippen LogP contribution in [0.5, 0.6) is 0 Å². The van der Waals surface area contributed by atoms with Crippen LogP contribution in [-0.4, -0.2) is 42.3 Å². The summed E-state index contributed by atoms with van der Waals surface area (Å²) in [5.74, 6) is -0.246. The molecule has 7 nitrogen and oxygen atoms in total. The van der Waals surface area contributed by atoms with Gasteiger partial charge in [-0.05, 0) is 37.8 Å². The van der Waals surface area contributed by atoms with Gasteiger partial charge >= 0.3 is 0 Å². The molecule has 1 amide bonds. The molecule has 2 aliphatic rings. The minimum absolute atomic E-state index is 0.154. The highest BCUT2D eigenvalue weighted by molar-refractivity contribution is 7.89. The van der Waals surface area contributed by atoms with Crippen LogP contribution in [0.1, 0.15) is 44.9 Å². The lowest BCUT2D eigenvalue weighted by Crippen LogP contribution is -2.41. The fraction of sp³-hybridized carbons (Fsp3) is 0.647. The molecule has 1 saturated carbocycles. The topological polar surface area (TPSA) is 88.5 Å². The molecule has 0 unspecified atom stereocenters. The van der Waals surface area contributed by atoms with E-state index in [-0.39, 0.29) is 23.4 Å². The Bertz CT molecular complexity index is 775. The Labute approximate surface area is 148 Å². The van der Waals surface area contributed by atoms with Crippen LogP contribution < -0.4 is 10.9 Å². The largest absolute Gasteiger partial charge is 0.352 e. The van der Waals surface area contributed by atoms with Crippen LogP contribution in [0.4, 0.5) is 0 Å². The molecule has 25 heavy (non-hydrogen) atoms. The number of sulfonamides is 1. The van der Waals surface area contributed by atoms with E-state index in [1.165, 1.54) is 33.6 Å². The summed E-state index contributed by atoms with van der Waals surface area (Å²) in [5, 5.41) is 2.95. The molecule has 2 heterocycles. The predicted octanol–water partition coefficient (Wildman–Crippen LogP) is 1.08. The summed E-state index contributed by atoms with van der Waals surface area (Å²) < 4.78 is 27.8. The van der Waals surface area contributed by atoms with Crippen molar-refractivity contribution in [2.24, 2.45) is 0 Å². The van der Waals surface area contributed by atoms with E-state index in [2.05, 4.69) is 5.32 Å². The Morgan fingerprint density at radius 1 is 1.12 bits per heavy atom. The van der Waals surface area contributed by atoms with Gasteiger partial charge in [-0.15, -0.1) is 0 Å². The lowest BCUT2D eigenvalue weighted by molar-refractivity contribution is -0.122. The molecule has 1 N–H and O–H groups in total. The van der Waals surface area contributed by atoms with Gasteiger partial charge in [-0.2, -0.15) is 4.31 Å². The van der Waals surface area contributed by atoms with Crippen LogP contribution >= 0.6 is 0 Å². The van der Waals surface area contributed by atoms with Gasteiger partial charge < -0.3 is 9.88 Å². The Balaban J connectivity index is 1.74. The van der Waals surface area contributed by atoms with Crippen molar-refractivity contribution in [3.63, 3.8) is 0 Å². The zero-order chi connectivity index (χ0) is 17.9. The second-order valence-electron chi connectivity index (χ2n) is 6.82. The van der Waals surface area contributed by atoms with Crippen LogP contribution in [0.15, 0.2) is 28.0 Å². The summed E-state index contributed by atoms with van der Waals surface area (Å²) in [6.07, 6.45) is 8.42. The Kier molecular flexibility index (Phi) is 5.58. The first-order valence-electron chi connectivity index (χ1n) is 8.97. The number of hydrogen-bond donors (Lipinski definition) is 1. The molecule has 1 aliphatic heterocycles. The van der Waals surface area contributed by atoms with E-state index in [4.69, 9.17) is 0 Å². The zero-order valence-corrected chi connectivity index (χ0v) is 15.1. The zero-order valence-electron chi connectivity index (χ0n) is 14.3. The number of rotatable bonds is 5. The first kappa shape index (κ1) is 18.1. The second kappa shape index (κ2) is 7.70. The van der Waals surface area contributed by atoms with Gasteiger partial charge in [0.15, 0.2) is 0 Å². The molecule has 0 spiro atoms. The Morgan fingerprint density at radius 2 is 1.80 bits per heavy atom. The van der Waals surface area contributed by atoms with Crippen LogP contribution in [0.3, 0.4) is 0 Å². The molecule has 1 aromatic heterocycles. The van der Waals surface area contributed by atoms with Crippen molar-refractivity contribution in [2.75, 3.05) is 13.1 Å². The molecule has 0 atom stereocenters. The van der Waals surface area contributed by atoms with Gasteiger partial charge in [0.2, 0.25) is 15.9 Å². The molecule has 1 aliphatic carbocycles. The molecule has 0 radical (unpaired) electrons. The summed E-state index contributed by atoms with van der Waals surface area (Å²) in [5.41, 5.74) is -0.631. The van der Waals surface area contributed by atoms with E-state index in [0.717, 1.165) is 38.5 Å². The fourth-order valence-corrected chi connectivity index (χ4v) is 5.18. The van der Waals surface area contributed by atoms with Gasteiger partial charge in [0, 0.05) is 25.3 Å². The highest BCUT2D eigenvalue weighted by atomic mass is 32.2. The van der Waals surface area contributed by atoms with Crippen molar-refractivity contribution in [3.8, 4) is 0 Å². The minimum Gasteiger partial charge on any atom is -0.352 e. The van der Waals surface area contributed by atoms with E-state index >= 15 is 0 Å². The average molecular weight is 367 g/mol. The first-order valence-corrected chi connectivity index (χ1v) is 10.4. The maximum absolute atomic E-state index is 12.6. The standard InChI is InChI=1S/C17H25N3O4S/c21-16(18-14-7-2-1-3-8-14)13-19-10-6-9-15(17(19)22)25(23,24)20-11-4-5-12-20/h6,9-10,14H,1-5,7-8,11-13H2,(H,18,21). The van der Waals surface area contributed by atoms with Gasteiger partial charge in [-0.3, -0.25) is 9.59 Å². The number of carbonyl (C=O) groups is 1. The lowest BCUT2D eigenvalue weighted by Gasteiger charge is -2.23. The fourth-order valence-electron chi connectivity index (χ4n) is 3.58. The Morgan fingerprint density at radius 3 is 2.48 bits per heavy atom. The monoisotopic (exact) mass is 367 g/mol. The number of pyridine rings is 1. The van der Waals surface area contributed by atoms with E-state index in [0.29, 0.717) is 13.1 Å². The van der Waals surface area contributed by atoms with Gasteiger partial charge in [-0.25, -0.2) is 8.42 Å². The normalized spacial score (nSPS) is 19.8. The predicted molar refractivity (Wildman–Crippen MR) is 93.7 cm³/mol. The molecule has 8 heteroatoms. The molecule has 2 fully saturated rings. The van der Waals surface area contributed by atoms with Crippen molar-refractivity contribution in [3.05, 3.63) is 28.7 Å². The van der Waals surface area contributed by atoms with E-state index in [1.54, 1.807) is 0 Å². The van der Waals surface area contributed by atoms with E-state index in [1.807, 2.05) is 0 Å². The highest BCUT2D eigenvalue weighted by Crippen LogP contribution is 2.18. The maximum Gasteiger partial charge on any atom is 0.271 e. The summed E-state index contributed by atoms with van der Waals surface area (Å²) in [6.45, 7) is 0.733. The molecule has 138 valence electrons. The SMILES string of the molecule is O=C(Cn1cccc(S(=O)(=O)N2CCCC2)c1=O)NC1CCCCC1. The van der Waals surface area contributed by atoms with Crippen molar-refractivity contribution < 1.29 is 13.2 Å². The summed E-state index contributed by atoms with van der Waals surface area (Å²) >= 11 is 0. The number of aromatic nitrogens is 1. The van der Waals surface area contributed by atoms with Crippen LogP contribution in [0.25, 0.3) is 0 Å². The van der Waals surface area contributed by atoms with Crippen LogP contribution in [0.2, 0.25) is 0 Å². The number of hydrogen-bond acceptors (Lipinski definition) is 4. The van der Waals surface area contributed by atoms with Crippen molar-refractivity contribution in [1.82, 2.24) is 14.2 Å². The van der Waals surface area contributed by atoms with Crippen LogP contribution in [0, 0.1) is 0 Å². The molecular formula is C17H25N3O4S. The third-order valence-corrected chi connectivity index (χ3v) is 6.86. The quantitative estimate of drug-likeness (QED) is 0.843. The summed E-state index contributed by atoms with van der Waals surface area (Å²) in [6, 6.07) is 3.00. The first-order chi connectivity index (χ1) is 12.0. The molecule has 1 aromatic rings. The lowest BCUT2D eigenvalue weighted by atomic mass is 9.95. The van der Waals surface area contributed by atoms with Crippen molar-refractivity contribution >= 4 is 15.9 Å². The van der Waals surface area contributed by atoms with Gasteiger partial charge in [0.05, 0.1) is 0 Å². The number of nitrogens with zero attached hydrogens (tertiary/aromatic N) is 2. The third-order valence-electron chi connectivity index (χ3n) is 4.95. The molecule has 1 saturated heterocycles. The molecule has 3 rings (SSSR count). The Hall–Kier alpha value is -1.67.